The average Bonchev–Trinajstić information content (AvgIpc) is 2.94. The van der Waals surface area contributed by atoms with Gasteiger partial charge in [-0.3, -0.25) is 10.1 Å². The fourth-order valence-corrected chi connectivity index (χ4v) is 3.42. The Hall–Kier alpha value is -1.92. The number of nitro groups is 1. The van der Waals surface area contributed by atoms with Crippen LogP contribution in [0.2, 0.25) is 0 Å². The highest BCUT2D eigenvalue weighted by molar-refractivity contribution is 8.01. The predicted octanol–water partition coefficient (Wildman–Crippen LogP) is 3.67. The van der Waals surface area contributed by atoms with Crippen molar-refractivity contribution < 1.29 is 22.8 Å². The number of rotatable bonds is 7. The molecule has 0 unspecified atom stereocenters. The van der Waals surface area contributed by atoms with Gasteiger partial charge < -0.3 is 10.1 Å². The van der Waals surface area contributed by atoms with Gasteiger partial charge in [-0.05, 0) is 23.9 Å². The van der Waals surface area contributed by atoms with Crippen molar-refractivity contribution in [3.63, 3.8) is 0 Å². The summed E-state index contributed by atoms with van der Waals surface area (Å²) in [5.74, 6) is 0. The summed E-state index contributed by atoms with van der Waals surface area (Å²) in [5.41, 5.74) is -1.70. The lowest BCUT2D eigenvalue weighted by molar-refractivity contribution is -0.388. The third kappa shape index (κ3) is 4.79. The van der Waals surface area contributed by atoms with Crippen molar-refractivity contribution in [2.24, 2.45) is 0 Å². The first-order chi connectivity index (χ1) is 11.3. The number of aromatic nitrogens is 2. The van der Waals surface area contributed by atoms with Crippen LogP contribution >= 0.6 is 23.1 Å². The largest absolute Gasteiger partial charge is 0.416 e. The number of ether oxygens (including phenoxy) is 1. The molecular formula is C12H11F3N4O3S2. The number of nitrogens with zero attached hydrogens (tertiary/aromatic N) is 3. The molecule has 2 rings (SSSR count). The van der Waals surface area contributed by atoms with Gasteiger partial charge in [0, 0.05) is 19.7 Å². The molecule has 2 aromatic rings. The zero-order chi connectivity index (χ0) is 17.7. The van der Waals surface area contributed by atoms with E-state index in [2.05, 4.69) is 15.5 Å². The summed E-state index contributed by atoms with van der Waals surface area (Å²) in [6.07, 6.45) is -4.64. The molecule has 0 fully saturated rings. The van der Waals surface area contributed by atoms with Gasteiger partial charge in [0.1, 0.15) is 0 Å². The minimum absolute atomic E-state index is 0.0626. The number of methoxy groups -OCH3 is 1. The van der Waals surface area contributed by atoms with E-state index in [1.807, 2.05) is 0 Å². The third-order valence-corrected chi connectivity index (χ3v) is 4.67. The molecule has 0 aliphatic carbocycles. The molecule has 130 valence electrons. The molecular weight excluding hydrogens is 369 g/mol. The maximum Gasteiger partial charge on any atom is 0.416 e. The summed E-state index contributed by atoms with van der Waals surface area (Å²) >= 11 is 2.02. The number of nitro benzene ring substituents is 1. The Labute approximate surface area is 142 Å². The Bertz CT molecular complexity index is 724. The van der Waals surface area contributed by atoms with E-state index >= 15 is 0 Å². The molecule has 0 atom stereocenters. The maximum absolute atomic E-state index is 12.7. The van der Waals surface area contributed by atoms with E-state index in [9.17, 15) is 23.3 Å². The van der Waals surface area contributed by atoms with E-state index < -0.39 is 22.4 Å². The normalized spacial score (nSPS) is 11.5. The van der Waals surface area contributed by atoms with Crippen molar-refractivity contribution in [3.05, 3.63) is 33.9 Å². The number of anilines is 1. The molecule has 1 heterocycles. The van der Waals surface area contributed by atoms with Gasteiger partial charge in [0.25, 0.3) is 5.69 Å². The lowest BCUT2D eigenvalue weighted by atomic mass is 10.2. The van der Waals surface area contributed by atoms with Crippen LogP contribution in [0.15, 0.2) is 27.4 Å². The smallest absolute Gasteiger partial charge is 0.383 e. The molecule has 0 saturated heterocycles. The van der Waals surface area contributed by atoms with Crippen LogP contribution in [0.1, 0.15) is 5.56 Å². The standard InChI is InChI=1S/C12H11F3N4O3S2/c1-22-5-4-16-10-17-18-11(24-10)23-9-3-2-7(12(13,14)15)6-8(9)19(20)21/h2-3,6H,4-5H2,1H3,(H,16,17). The minimum atomic E-state index is -4.64. The number of hydrogen-bond donors (Lipinski definition) is 1. The van der Waals surface area contributed by atoms with Gasteiger partial charge in [-0.25, -0.2) is 0 Å². The molecule has 24 heavy (non-hydrogen) atoms. The minimum Gasteiger partial charge on any atom is -0.383 e. The molecule has 1 N–H and O–H groups in total. The number of hydrogen-bond acceptors (Lipinski definition) is 8. The van der Waals surface area contributed by atoms with E-state index in [4.69, 9.17) is 4.74 Å². The van der Waals surface area contributed by atoms with Gasteiger partial charge >= 0.3 is 6.18 Å². The average molecular weight is 380 g/mol. The van der Waals surface area contributed by atoms with Gasteiger partial charge in [0.2, 0.25) is 5.13 Å². The molecule has 1 aromatic carbocycles. The highest BCUT2D eigenvalue weighted by atomic mass is 32.2. The van der Waals surface area contributed by atoms with Crippen LogP contribution in [0.5, 0.6) is 0 Å². The second kappa shape index (κ2) is 7.77. The summed E-state index contributed by atoms with van der Waals surface area (Å²) in [5, 5.41) is 22.2. The number of nitrogens with one attached hydrogen (secondary N) is 1. The van der Waals surface area contributed by atoms with Gasteiger partial charge in [-0.1, -0.05) is 11.3 Å². The van der Waals surface area contributed by atoms with Gasteiger partial charge in [0.05, 0.1) is 22.0 Å². The van der Waals surface area contributed by atoms with Crippen molar-refractivity contribution in [2.75, 3.05) is 25.6 Å². The topological polar surface area (TPSA) is 90.2 Å². The van der Waals surface area contributed by atoms with Crippen molar-refractivity contribution in [3.8, 4) is 0 Å². The summed E-state index contributed by atoms with van der Waals surface area (Å²) in [6, 6.07) is 2.38. The quantitative estimate of drug-likeness (QED) is 0.445. The molecule has 0 aliphatic rings. The van der Waals surface area contributed by atoms with Crippen molar-refractivity contribution in [2.45, 2.75) is 15.4 Å². The van der Waals surface area contributed by atoms with Crippen LogP contribution in [0, 0.1) is 10.1 Å². The zero-order valence-electron chi connectivity index (χ0n) is 12.2. The lowest BCUT2D eigenvalue weighted by Gasteiger charge is -2.07. The number of alkyl halides is 3. The fourth-order valence-electron chi connectivity index (χ4n) is 1.60. The van der Waals surface area contributed by atoms with Crippen LogP contribution in [0.4, 0.5) is 24.0 Å². The number of benzene rings is 1. The Morgan fingerprint density at radius 3 is 2.79 bits per heavy atom. The van der Waals surface area contributed by atoms with E-state index in [1.165, 1.54) is 0 Å². The third-order valence-electron chi connectivity index (χ3n) is 2.67. The molecule has 0 aliphatic heterocycles. The SMILES string of the molecule is COCCNc1nnc(Sc2ccc(C(F)(F)F)cc2[N+](=O)[O-])s1. The van der Waals surface area contributed by atoms with Crippen LogP contribution < -0.4 is 5.32 Å². The lowest BCUT2D eigenvalue weighted by Crippen LogP contribution is -2.06. The molecule has 7 nitrogen and oxygen atoms in total. The number of halogens is 3. The molecule has 0 amide bonds. The summed E-state index contributed by atoms with van der Waals surface area (Å²) < 4.78 is 43.3. The first kappa shape index (κ1) is 18.4. The molecule has 0 saturated carbocycles. The highest BCUT2D eigenvalue weighted by Gasteiger charge is 2.33. The Morgan fingerprint density at radius 2 is 2.17 bits per heavy atom. The Kier molecular flexibility index (Phi) is 5.96. The van der Waals surface area contributed by atoms with Crippen molar-refractivity contribution in [1.82, 2.24) is 10.2 Å². The molecule has 1 aromatic heterocycles. The van der Waals surface area contributed by atoms with E-state index in [-0.39, 0.29) is 4.90 Å². The van der Waals surface area contributed by atoms with Crippen molar-refractivity contribution in [1.29, 1.82) is 0 Å². The molecule has 0 bridgehead atoms. The monoisotopic (exact) mass is 380 g/mol. The van der Waals surface area contributed by atoms with Gasteiger partial charge in [0.15, 0.2) is 4.34 Å². The first-order valence-corrected chi connectivity index (χ1v) is 8.04. The molecule has 12 heteroatoms. The predicted molar refractivity (Wildman–Crippen MR) is 82.5 cm³/mol. The maximum atomic E-state index is 12.7. The Balaban J connectivity index is 2.18. The molecule has 0 radical (unpaired) electrons. The summed E-state index contributed by atoms with van der Waals surface area (Å²) in [6.45, 7) is 0.975. The van der Waals surface area contributed by atoms with Crippen molar-refractivity contribution >= 4 is 33.9 Å². The second-order valence-corrected chi connectivity index (χ2v) is 6.60. The van der Waals surface area contributed by atoms with Crippen LogP contribution in [0.25, 0.3) is 0 Å². The highest BCUT2D eigenvalue weighted by Crippen LogP contribution is 2.40. The van der Waals surface area contributed by atoms with Crippen LogP contribution in [-0.4, -0.2) is 35.4 Å². The Morgan fingerprint density at radius 1 is 1.42 bits per heavy atom. The van der Waals surface area contributed by atoms with E-state index in [1.54, 1.807) is 7.11 Å². The van der Waals surface area contributed by atoms with Gasteiger partial charge in [-0.2, -0.15) is 13.2 Å². The second-order valence-electron chi connectivity index (χ2n) is 4.33. The van der Waals surface area contributed by atoms with Crippen LogP contribution in [0.3, 0.4) is 0 Å². The van der Waals surface area contributed by atoms with Crippen LogP contribution in [-0.2, 0) is 10.9 Å². The fraction of sp³-hybridized carbons (Fsp3) is 0.333. The van der Waals surface area contributed by atoms with Gasteiger partial charge in [-0.15, -0.1) is 10.2 Å². The first-order valence-electron chi connectivity index (χ1n) is 6.41. The summed E-state index contributed by atoms with van der Waals surface area (Å²) in [7, 11) is 1.55. The molecule has 0 spiro atoms. The zero-order valence-corrected chi connectivity index (χ0v) is 13.8. The van der Waals surface area contributed by atoms with E-state index in [0.29, 0.717) is 28.7 Å². The summed E-state index contributed by atoms with van der Waals surface area (Å²) in [4.78, 5) is 10.2. The van der Waals surface area contributed by atoms with E-state index in [0.717, 1.165) is 35.2 Å².